The van der Waals surface area contributed by atoms with Gasteiger partial charge >= 0.3 is 0 Å². The largest absolute Gasteiger partial charge is 0.385 e. The van der Waals surface area contributed by atoms with Gasteiger partial charge in [0, 0.05) is 0 Å². The molecule has 1 N–H and O–H groups in total. The van der Waals surface area contributed by atoms with E-state index in [1.54, 1.807) is 6.08 Å². The van der Waals surface area contributed by atoms with Crippen molar-refractivity contribution in [2.75, 3.05) is 0 Å². The second kappa shape index (κ2) is 6.35. The Morgan fingerprint density at radius 3 is 2.11 bits per heavy atom. The first-order chi connectivity index (χ1) is 9.24. The fraction of sp³-hybridized carbons (Fsp3) is 0.222. The number of rotatable bonds is 6. The van der Waals surface area contributed by atoms with E-state index in [1.807, 2.05) is 48.5 Å². The Kier molecular flexibility index (Phi) is 4.53. The van der Waals surface area contributed by atoms with Crippen LogP contribution in [0.5, 0.6) is 0 Å². The van der Waals surface area contributed by atoms with Gasteiger partial charge in [-0.2, -0.15) is 0 Å². The third kappa shape index (κ3) is 3.55. The Balaban J connectivity index is 2.14. The minimum absolute atomic E-state index is 0.573. The quantitative estimate of drug-likeness (QED) is 0.768. The normalized spacial score (nSPS) is 13.7. The van der Waals surface area contributed by atoms with Crippen molar-refractivity contribution in [3.05, 3.63) is 84.4 Å². The lowest BCUT2D eigenvalue weighted by atomic mass is 9.85. The summed E-state index contributed by atoms with van der Waals surface area (Å²) < 4.78 is 0. The van der Waals surface area contributed by atoms with Gasteiger partial charge in [-0.05, 0) is 30.4 Å². The van der Waals surface area contributed by atoms with Gasteiger partial charge < -0.3 is 5.11 Å². The van der Waals surface area contributed by atoms with Crippen LogP contribution in [0, 0.1) is 0 Å². The van der Waals surface area contributed by atoms with Crippen LogP contribution in [0.2, 0.25) is 0 Å². The summed E-state index contributed by atoms with van der Waals surface area (Å²) >= 11 is 0. The first kappa shape index (κ1) is 13.6. The van der Waals surface area contributed by atoms with Gasteiger partial charge in [-0.15, -0.1) is 6.58 Å². The maximum absolute atomic E-state index is 10.9. The summed E-state index contributed by atoms with van der Waals surface area (Å²) in [6, 6.07) is 20.1. The molecule has 0 aliphatic carbocycles. The predicted molar refractivity (Wildman–Crippen MR) is 79.9 cm³/mol. The average Bonchev–Trinajstić information content (AvgIpc) is 2.48. The van der Waals surface area contributed by atoms with E-state index >= 15 is 0 Å². The van der Waals surface area contributed by atoms with Crippen molar-refractivity contribution in [2.45, 2.75) is 24.9 Å². The number of hydrogen-bond acceptors (Lipinski definition) is 1. The molecule has 1 heteroatoms. The minimum atomic E-state index is -0.821. The van der Waals surface area contributed by atoms with Crippen molar-refractivity contribution in [2.24, 2.45) is 0 Å². The van der Waals surface area contributed by atoms with Gasteiger partial charge in [0.05, 0.1) is 5.60 Å². The first-order valence-corrected chi connectivity index (χ1v) is 6.67. The van der Waals surface area contributed by atoms with E-state index in [1.165, 1.54) is 5.56 Å². The smallest absolute Gasteiger partial charge is 0.0933 e. The molecule has 0 fully saturated rings. The molecule has 0 saturated heterocycles. The van der Waals surface area contributed by atoms with Gasteiger partial charge in [-0.1, -0.05) is 66.7 Å². The molecule has 98 valence electrons. The van der Waals surface area contributed by atoms with E-state index in [4.69, 9.17) is 0 Å². The fourth-order valence-corrected chi connectivity index (χ4v) is 2.35. The van der Waals surface area contributed by atoms with Gasteiger partial charge in [0.1, 0.15) is 0 Å². The van der Waals surface area contributed by atoms with Gasteiger partial charge in [0.2, 0.25) is 0 Å². The van der Waals surface area contributed by atoms with Gasteiger partial charge in [0.25, 0.3) is 0 Å². The summed E-state index contributed by atoms with van der Waals surface area (Å²) in [7, 11) is 0. The van der Waals surface area contributed by atoms with Gasteiger partial charge in [0.15, 0.2) is 0 Å². The van der Waals surface area contributed by atoms with Crippen molar-refractivity contribution in [1.29, 1.82) is 0 Å². The second-order valence-corrected chi connectivity index (χ2v) is 4.88. The summed E-state index contributed by atoms with van der Waals surface area (Å²) in [4.78, 5) is 0. The highest BCUT2D eigenvalue weighted by Gasteiger charge is 2.27. The van der Waals surface area contributed by atoms with Gasteiger partial charge in [-0.3, -0.25) is 0 Å². The predicted octanol–water partition coefficient (Wildman–Crippen LogP) is 4.08. The van der Waals surface area contributed by atoms with Crippen LogP contribution in [-0.2, 0) is 12.0 Å². The van der Waals surface area contributed by atoms with Crippen LogP contribution in [0.3, 0.4) is 0 Å². The van der Waals surface area contributed by atoms with Crippen molar-refractivity contribution in [3.8, 4) is 0 Å². The fourth-order valence-electron chi connectivity index (χ4n) is 2.35. The molecular formula is C18H20O. The average molecular weight is 252 g/mol. The molecule has 0 radical (unpaired) electrons. The monoisotopic (exact) mass is 252 g/mol. The highest BCUT2D eigenvalue weighted by molar-refractivity contribution is 5.24. The van der Waals surface area contributed by atoms with Crippen molar-refractivity contribution >= 4 is 0 Å². The van der Waals surface area contributed by atoms with Crippen LogP contribution in [-0.4, -0.2) is 5.11 Å². The number of aliphatic hydroxyl groups is 1. The SMILES string of the molecule is C=CCC(O)(CCc1ccccc1)c1ccccc1. The molecule has 0 spiro atoms. The van der Waals surface area contributed by atoms with E-state index in [2.05, 4.69) is 18.7 Å². The summed E-state index contributed by atoms with van der Waals surface area (Å²) in [6.45, 7) is 3.77. The van der Waals surface area contributed by atoms with Crippen LogP contribution >= 0.6 is 0 Å². The summed E-state index contributed by atoms with van der Waals surface area (Å²) in [5.74, 6) is 0. The highest BCUT2D eigenvalue weighted by Crippen LogP contribution is 2.30. The van der Waals surface area contributed by atoms with Crippen LogP contribution in [0.4, 0.5) is 0 Å². The van der Waals surface area contributed by atoms with Crippen LogP contribution in [0.15, 0.2) is 73.3 Å². The third-order valence-corrected chi connectivity index (χ3v) is 3.46. The molecule has 2 aromatic rings. The molecule has 2 aromatic carbocycles. The van der Waals surface area contributed by atoms with Crippen LogP contribution in [0.1, 0.15) is 24.0 Å². The maximum atomic E-state index is 10.9. The molecular weight excluding hydrogens is 232 g/mol. The zero-order chi connectivity index (χ0) is 13.6. The molecule has 0 aromatic heterocycles. The summed E-state index contributed by atoms with van der Waals surface area (Å²) in [6.07, 6.45) is 3.93. The summed E-state index contributed by atoms with van der Waals surface area (Å²) in [5, 5.41) is 10.9. The van der Waals surface area contributed by atoms with Crippen molar-refractivity contribution in [1.82, 2.24) is 0 Å². The Hall–Kier alpha value is -1.86. The molecule has 0 amide bonds. The van der Waals surface area contributed by atoms with E-state index in [9.17, 15) is 5.11 Å². The lowest BCUT2D eigenvalue weighted by Crippen LogP contribution is -2.25. The zero-order valence-electron chi connectivity index (χ0n) is 11.1. The standard InChI is InChI=1S/C18H20O/c1-2-14-18(19,17-11-7-4-8-12-17)15-13-16-9-5-3-6-10-16/h2-12,19H,1,13-15H2. The minimum Gasteiger partial charge on any atom is -0.385 e. The maximum Gasteiger partial charge on any atom is 0.0933 e. The van der Waals surface area contributed by atoms with E-state index in [0.717, 1.165) is 12.0 Å². The molecule has 19 heavy (non-hydrogen) atoms. The Bertz CT molecular complexity index is 504. The highest BCUT2D eigenvalue weighted by atomic mass is 16.3. The first-order valence-electron chi connectivity index (χ1n) is 6.67. The van der Waals surface area contributed by atoms with Crippen LogP contribution < -0.4 is 0 Å². The van der Waals surface area contributed by atoms with E-state index < -0.39 is 5.60 Å². The van der Waals surface area contributed by atoms with E-state index in [-0.39, 0.29) is 0 Å². The number of benzene rings is 2. The molecule has 1 nitrogen and oxygen atoms in total. The molecule has 0 bridgehead atoms. The zero-order valence-corrected chi connectivity index (χ0v) is 11.1. The molecule has 0 aliphatic heterocycles. The molecule has 0 saturated carbocycles. The molecule has 1 atom stereocenters. The molecule has 2 rings (SSSR count). The Morgan fingerprint density at radius 2 is 1.53 bits per heavy atom. The summed E-state index contributed by atoms with van der Waals surface area (Å²) in [5.41, 5.74) is 1.39. The molecule has 0 heterocycles. The number of aryl methyl sites for hydroxylation is 1. The van der Waals surface area contributed by atoms with Crippen molar-refractivity contribution in [3.63, 3.8) is 0 Å². The molecule has 0 aliphatic rings. The second-order valence-electron chi connectivity index (χ2n) is 4.88. The lowest BCUT2D eigenvalue weighted by molar-refractivity contribution is 0.0308. The molecule has 1 unspecified atom stereocenters. The number of hydrogen-bond donors (Lipinski definition) is 1. The Labute approximate surface area is 115 Å². The topological polar surface area (TPSA) is 20.2 Å². The van der Waals surface area contributed by atoms with Crippen molar-refractivity contribution < 1.29 is 5.11 Å². The van der Waals surface area contributed by atoms with E-state index in [0.29, 0.717) is 12.8 Å². The Morgan fingerprint density at radius 1 is 0.947 bits per heavy atom. The van der Waals surface area contributed by atoms with Crippen LogP contribution in [0.25, 0.3) is 0 Å². The lowest BCUT2D eigenvalue weighted by Gasteiger charge is -2.27. The van der Waals surface area contributed by atoms with Gasteiger partial charge in [-0.25, -0.2) is 0 Å². The third-order valence-electron chi connectivity index (χ3n) is 3.46.